The minimum atomic E-state index is -1.12. The van der Waals surface area contributed by atoms with Crippen LogP contribution in [0.1, 0.15) is 46.7 Å². The van der Waals surface area contributed by atoms with Crippen LogP contribution in [0.25, 0.3) is 11.1 Å². The number of carboxylic acids is 1. The maximum atomic E-state index is 12.9. The molecular formula is C27H25N3O5. The average molecular weight is 472 g/mol. The van der Waals surface area contributed by atoms with Crippen molar-refractivity contribution in [1.82, 2.24) is 10.3 Å². The molecule has 8 heteroatoms. The number of nitrogens with one attached hydrogen (secondary N) is 2. The predicted octanol–water partition coefficient (Wildman–Crippen LogP) is 4.43. The van der Waals surface area contributed by atoms with Gasteiger partial charge in [0.25, 0.3) is 0 Å². The third-order valence-electron chi connectivity index (χ3n) is 6.75. The highest BCUT2D eigenvalue weighted by Gasteiger charge is 2.35. The molecule has 2 aromatic carbocycles. The van der Waals surface area contributed by atoms with Crippen LogP contribution in [0.3, 0.4) is 0 Å². The lowest BCUT2D eigenvalue weighted by molar-refractivity contribution is -0.120. The van der Waals surface area contributed by atoms with E-state index in [4.69, 9.17) is 9.84 Å². The van der Waals surface area contributed by atoms with E-state index in [0.717, 1.165) is 28.7 Å². The lowest BCUT2D eigenvalue weighted by Crippen LogP contribution is -2.42. The first kappa shape index (κ1) is 22.6. The molecule has 0 bridgehead atoms. The van der Waals surface area contributed by atoms with Gasteiger partial charge in [0.1, 0.15) is 6.61 Å². The standard InChI is InChI=1S/C27H25N3O5/c31-25(29-17-12-16(26(32)33)13-28-14-17)22-10-5-11-24(22)30-27(34)35-15-23-20-8-3-1-6-18(20)19-7-2-4-9-21(19)23/h1-4,6-9,12-14,22-24H,5,10-11,15H2,(H,29,31)(H,30,34)(H,32,33). The highest BCUT2D eigenvalue weighted by atomic mass is 16.5. The van der Waals surface area contributed by atoms with Crippen molar-refractivity contribution < 1.29 is 24.2 Å². The Kier molecular flexibility index (Phi) is 6.18. The second-order valence-electron chi connectivity index (χ2n) is 8.87. The molecular weight excluding hydrogens is 446 g/mol. The summed E-state index contributed by atoms with van der Waals surface area (Å²) in [4.78, 5) is 40.5. The maximum absolute atomic E-state index is 12.9. The Morgan fingerprint density at radius 3 is 2.34 bits per heavy atom. The smallest absolute Gasteiger partial charge is 0.407 e. The predicted molar refractivity (Wildman–Crippen MR) is 129 cm³/mol. The first-order valence-electron chi connectivity index (χ1n) is 11.6. The average Bonchev–Trinajstić information content (AvgIpc) is 3.45. The minimum absolute atomic E-state index is 0.0115. The molecule has 1 heterocycles. The van der Waals surface area contributed by atoms with Crippen molar-refractivity contribution in [2.75, 3.05) is 11.9 Å². The number of aromatic nitrogens is 1. The molecule has 1 aromatic heterocycles. The van der Waals surface area contributed by atoms with Crippen LogP contribution in [0.4, 0.5) is 10.5 Å². The van der Waals surface area contributed by atoms with Crippen molar-refractivity contribution >= 4 is 23.7 Å². The van der Waals surface area contributed by atoms with Gasteiger partial charge in [-0.3, -0.25) is 9.78 Å². The SMILES string of the molecule is O=C(NC1CCCC1C(=O)Nc1cncc(C(=O)O)c1)OCC1c2ccccc2-c2ccccc21. The molecule has 3 aromatic rings. The number of nitrogens with zero attached hydrogens (tertiary/aromatic N) is 1. The van der Waals surface area contributed by atoms with E-state index in [1.165, 1.54) is 18.5 Å². The first-order chi connectivity index (χ1) is 17.0. The Morgan fingerprint density at radius 2 is 1.66 bits per heavy atom. The minimum Gasteiger partial charge on any atom is -0.478 e. The number of benzene rings is 2. The number of carbonyl (C=O) groups excluding carboxylic acids is 2. The monoisotopic (exact) mass is 471 g/mol. The van der Waals surface area contributed by atoms with E-state index in [1.807, 2.05) is 24.3 Å². The topological polar surface area (TPSA) is 118 Å². The quantitative estimate of drug-likeness (QED) is 0.490. The Hall–Kier alpha value is -4.20. The number of pyridine rings is 1. The van der Waals surface area contributed by atoms with Gasteiger partial charge in [-0.15, -0.1) is 0 Å². The molecule has 2 aliphatic carbocycles. The van der Waals surface area contributed by atoms with E-state index < -0.39 is 18.0 Å². The second-order valence-corrected chi connectivity index (χ2v) is 8.87. The Bertz CT molecular complexity index is 1250. The van der Waals surface area contributed by atoms with Crippen molar-refractivity contribution in [2.24, 2.45) is 5.92 Å². The zero-order valence-corrected chi connectivity index (χ0v) is 18.9. The van der Waals surface area contributed by atoms with Gasteiger partial charge in [0.05, 0.1) is 23.4 Å². The van der Waals surface area contributed by atoms with Crippen molar-refractivity contribution in [2.45, 2.75) is 31.2 Å². The Labute approximate surface area is 202 Å². The van der Waals surface area contributed by atoms with Gasteiger partial charge in [-0.05, 0) is 41.2 Å². The molecule has 35 heavy (non-hydrogen) atoms. The third-order valence-corrected chi connectivity index (χ3v) is 6.75. The van der Waals surface area contributed by atoms with Crippen LogP contribution in [-0.4, -0.2) is 40.7 Å². The van der Waals surface area contributed by atoms with Crippen LogP contribution in [0.15, 0.2) is 67.0 Å². The normalized spacial score (nSPS) is 18.4. The fraction of sp³-hybridized carbons (Fsp3) is 0.259. The van der Waals surface area contributed by atoms with Gasteiger partial charge < -0.3 is 20.5 Å². The summed E-state index contributed by atoms with van der Waals surface area (Å²) in [6.45, 7) is 0.205. The first-order valence-corrected chi connectivity index (χ1v) is 11.6. The van der Waals surface area contributed by atoms with Crippen LogP contribution in [0.2, 0.25) is 0 Å². The van der Waals surface area contributed by atoms with Crippen LogP contribution in [0, 0.1) is 5.92 Å². The highest BCUT2D eigenvalue weighted by Crippen LogP contribution is 2.44. The summed E-state index contributed by atoms with van der Waals surface area (Å²) in [5.74, 6) is -1.88. The number of carboxylic acid groups (broad SMARTS) is 1. The molecule has 2 aliphatic rings. The molecule has 0 aliphatic heterocycles. The van der Waals surface area contributed by atoms with Gasteiger partial charge in [0, 0.05) is 18.2 Å². The molecule has 2 unspecified atom stereocenters. The number of aromatic carboxylic acids is 1. The fourth-order valence-electron chi connectivity index (χ4n) is 5.10. The van der Waals surface area contributed by atoms with Crippen molar-refractivity contribution in [1.29, 1.82) is 0 Å². The zero-order valence-electron chi connectivity index (χ0n) is 18.9. The van der Waals surface area contributed by atoms with Crippen LogP contribution >= 0.6 is 0 Å². The van der Waals surface area contributed by atoms with Crippen LogP contribution in [0.5, 0.6) is 0 Å². The fourth-order valence-corrected chi connectivity index (χ4v) is 5.10. The molecule has 178 valence electrons. The molecule has 0 saturated heterocycles. The maximum Gasteiger partial charge on any atom is 0.407 e. The molecule has 5 rings (SSSR count). The molecule has 8 nitrogen and oxygen atoms in total. The number of amides is 2. The van der Waals surface area contributed by atoms with Crippen molar-refractivity contribution in [3.8, 4) is 11.1 Å². The summed E-state index contributed by atoms with van der Waals surface area (Å²) in [6.07, 6.45) is 4.13. The number of carbonyl (C=O) groups is 3. The van der Waals surface area contributed by atoms with Gasteiger partial charge in [-0.1, -0.05) is 55.0 Å². The van der Waals surface area contributed by atoms with Gasteiger partial charge in [-0.2, -0.15) is 0 Å². The number of fused-ring (bicyclic) bond motifs is 3. The number of ether oxygens (including phenoxy) is 1. The molecule has 3 N–H and O–H groups in total. The summed E-state index contributed by atoms with van der Waals surface area (Å²) in [6, 6.07) is 17.3. The van der Waals surface area contributed by atoms with Crippen LogP contribution < -0.4 is 10.6 Å². The molecule has 1 saturated carbocycles. The molecule has 1 fully saturated rings. The van der Waals surface area contributed by atoms with E-state index >= 15 is 0 Å². The summed E-state index contributed by atoms with van der Waals surface area (Å²) in [7, 11) is 0. The van der Waals surface area contributed by atoms with E-state index in [2.05, 4.69) is 39.9 Å². The lowest BCUT2D eigenvalue weighted by atomic mass is 9.98. The Morgan fingerprint density at radius 1 is 0.971 bits per heavy atom. The van der Waals surface area contributed by atoms with Gasteiger partial charge >= 0.3 is 12.1 Å². The summed E-state index contributed by atoms with van der Waals surface area (Å²) >= 11 is 0. The largest absolute Gasteiger partial charge is 0.478 e. The highest BCUT2D eigenvalue weighted by molar-refractivity contribution is 5.95. The second kappa shape index (κ2) is 9.58. The van der Waals surface area contributed by atoms with Gasteiger partial charge in [0.15, 0.2) is 0 Å². The van der Waals surface area contributed by atoms with Crippen molar-refractivity contribution in [3.63, 3.8) is 0 Å². The van der Waals surface area contributed by atoms with Gasteiger partial charge in [0.2, 0.25) is 5.91 Å². The van der Waals surface area contributed by atoms with E-state index in [-0.39, 0.29) is 30.0 Å². The summed E-state index contributed by atoms with van der Waals surface area (Å²) < 4.78 is 5.63. The lowest BCUT2D eigenvalue weighted by Gasteiger charge is -2.21. The number of anilines is 1. The number of hydrogen-bond donors (Lipinski definition) is 3. The van der Waals surface area contributed by atoms with Gasteiger partial charge in [-0.25, -0.2) is 9.59 Å². The summed E-state index contributed by atoms with van der Waals surface area (Å²) in [5.41, 5.74) is 4.88. The molecule has 2 amide bonds. The zero-order chi connectivity index (χ0) is 24.4. The van der Waals surface area contributed by atoms with E-state index in [0.29, 0.717) is 18.5 Å². The van der Waals surface area contributed by atoms with E-state index in [1.54, 1.807) is 0 Å². The third kappa shape index (κ3) is 4.59. The number of hydrogen-bond acceptors (Lipinski definition) is 5. The summed E-state index contributed by atoms with van der Waals surface area (Å²) in [5, 5.41) is 14.7. The van der Waals surface area contributed by atoms with Crippen LogP contribution in [-0.2, 0) is 9.53 Å². The molecule has 0 radical (unpaired) electrons. The Balaban J connectivity index is 1.21. The molecule has 0 spiro atoms. The molecule has 2 atom stereocenters. The van der Waals surface area contributed by atoms with Crippen molar-refractivity contribution in [3.05, 3.63) is 83.7 Å². The number of alkyl carbamates (subject to hydrolysis) is 1. The number of rotatable bonds is 6. The van der Waals surface area contributed by atoms with E-state index in [9.17, 15) is 14.4 Å².